The van der Waals surface area contributed by atoms with Crippen LogP contribution < -0.4 is 4.74 Å². The van der Waals surface area contributed by atoms with E-state index in [1.807, 2.05) is 23.2 Å². The van der Waals surface area contributed by atoms with Crippen molar-refractivity contribution in [1.29, 1.82) is 0 Å². The van der Waals surface area contributed by atoms with Gasteiger partial charge in [0.25, 0.3) is 0 Å². The zero-order valence-corrected chi connectivity index (χ0v) is 16.7. The van der Waals surface area contributed by atoms with Crippen LogP contribution in [0, 0.1) is 0 Å². The van der Waals surface area contributed by atoms with E-state index < -0.39 is 0 Å². The van der Waals surface area contributed by atoms with Gasteiger partial charge in [0.2, 0.25) is 5.91 Å². The molecule has 2 aromatic rings. The summed E-state index contributed by atoms with van der Waals surface area (Å²) >= 11 is 0. The number of aromatic nitrogens is 2. The molecule has 2 aliphatic heterocycles. The molecule has 0 aliphatic carbocycles. The van der Waals surface area contributed by atoms with E-state index >= 15 is 0 Å². The Bertz CT molecular complexity index is 837. The van der Waals surface area contributed by atoms with Crippen LogP contribution in [-0.2, 0) is 24.3 Å². The number of benzene rings is 1. The number of amides is 1. The molecule has 0 spiro atoms. The van der Waals surface area contributed by atoms with Crippen LogP contribution in [0.25, 0.3) is 0 Å². The number of piperidine rings is 1. The van der Waals surface area contributed by atoms with Gasteiger partial charge < -0.3 is 9.64 Å². The molecule has 0 N–H and O–H groups in total. The number of rotatable bonds is 4. The Morgan fingerprint density at radius 1 is 1.25 bits per heavy atom. The van der Waals surface area contributed by atoms with Gasteiger partial charge in [-0.05, 0) is 30.5 Å². The molecule has 1 amide bonds. The third kappa shape index (κ3) is 4.17. The quantitative estimate of drug-likeness (QED) is 0.816. The van der Waals surface area contributed by atoms with Crippen molar-refractivity contribution in [3.05, 3.63) is 53.1 Å². The minimum Gasteiger partial charge on any atom is -0.497 e. The number of hydrogen-bond donors (Lipinski definition) is 0. The Balaban J connectivity index is 1.41. The van der Waals surface area contributed by atoms with Crippen LogP contribution in [0.5, 0.6) is 5.75 Å². The van der Waals surface area contributed by atoms with Crippen molar-refractivity contribution < 1.29 is 9.53 Å². The molecule has 4 rings (SSSR count). The van der Waals surface area contributed by atoms with Gasteiger partial charge in [-0.25, -0.2) is 9.97 Å². The lowest BCUT2D eigenvalue weighted by atomic mass is 9.96. The third-order valence-corrected chi connectivity index (χ3v) is 5.83. The van der Waals surface area contributed by atoms with E-state index in [2.05, 4.69) is 22.0 Å². The highest BCUT2D eigenvalue weighted by atomic mass is 16.5. The number of fused-ring (bicyclic) bond motifs is 1. The molecule has 1 atom stereocenters. The lowest BCUT2D eigenvalue weighted by molar-refractivity contribution is -0.130. The lowest BCUT2D eigenvalue weighted by Gasteiger charge is -2.32. The first kappa shape index (κ1) is 18.9. The second-order valence-corrected chi connectivity index (χ2v) is 7.81. The average molecular weight is 380 g/mol. The standard InChI is InChI=1S/C22H28N4O2/c1-16(27)26-10-3-4-18(15-26)22-23-12-19-14-25(11-9-21(19)24-22)13-17-5-7-20(28-2)8-6-17/h5-8,12,18H,3-4,9-11,13-15H2,1-2H3. The molecule has 1 aromatic carbocycles. The van der Waals surface area contributed by atoms with Crippen LogP contribution in [0.1, 0.15) is 48.3 Å². The zero-order chi connectivity index (χ0) is 19.5. The van der Waals surface area contributed by atoms with E-state index in [-0.39, 0.29) is 11.8 Å². The molecule has 28 heavy (non-hydrogen) atoms. The van der Waals surface area contributed by atoms with E-state index in [1.54, 1.807) is 14.0 Å². The molecule has 1 saturated heterocycles. The van der Waals surface area contributed by atoms with Crippen LogP contribution >= 0.6 is 0 Å². The van der Waals surface area contributed by atoms with Crippen molar-refractivity contribution in [2.75, 3.05) is 26.7 Å². The van der Waals surface area contributed by atoms with E-state index in [4.69, 9.17) is 9.72 Å². The zero-order valence-electron chi connectivity index (χ0n) is 16.7. The second kappa shape index (κ2) is 8.27. The Morgan fingerprint density at radius 3 is 2.82 bits per heavy atom. The first-order valence-electron chi connectivity index (χ1n) is 10.1. The summed E-state index contributed by atoms with van der Waals surface area (Å²) in [7, 11) is 1.69. The average Bonchev–Trinajstić information content (AvgIpc) is 2.74. The highest BCUT2D eigenvalue weighted by Gasteiger charge is 2.26. The van der Waals surface area contributed by atoms with Crippen molar-refractivity contribution in [3.63, 3.8) is 0 Å². The Kier molecular flexibility index (Phi) is 5.57. The van der Waals surface area contributed by atoms with Crippen LogP contribution in [0.4, 0.5) is 0 Å². The normalized spacial score (nSPS) is 19.9. The predicted molar refractivity (Wildman–Crippen MR) is 107 cm³/mol. The van der Waals surface area contributed by atoms with Crippen molar-refractivity contribution in [1.82, 2.24) is 19.8 Å². The van der Waals surface area contributed by atoms with Gasteiger partial charge in [0.05, 0.1) is 7.11 Å². The number of carbonyl (C=O) groups is 1. The maximum Gasteiger partial charge on any atom is 0.219 e. The molecule has 0 radical (unpaired) electrons. The number of methoxy groups -OCH3 is 1. The fourth-order valence-electron chi connectivity index (χ4n) is 4.18. The SMILES string of the molecule is COc1ccc(CN2CCc3nc(C4CCCN(C(C)=O)C4)ncc3C2)cc1. The van der Waals surface area contributed by atoms with E-state index in [0.29, 0.717) is 0 Å². The molecule has 3 heterocycles. The second-order valence-electron chi connectivity index (χ2n) is 7.81. The molecule has 0 bridgehead atoms. The molecule has 1 unspecified atom stereocenters. The first-order valence-corrected chi connectivity index (χ1v) is 10.1. The molecule has 1 aromatic heterocycles. The van der Waals surface area contributed by atoms with Gasteiger partial charge in [-0.3, -0.25) is 9.69 Å². The van der Waals surface area contributed by atoms with Gasteiger partial charge in [-0.1, -0.05) is 12.1 Å². The van der Waals surface area contributed by atoms with Crippen molar-refractivity contribution in [3.8, 4) is 5.75 Å². The fraction of sp³-hybridized carbons (Fsp3) is 0.500. The highest BCUT2D eigenvalue weighted by Crippen LogP contribution is 2.27. The Labute approximate surface area is 166 Å². The van der Waals surface area contributed by atoms with Gasteiger partial charge in [-0.2, -0.15) is 0 Å². The van der Waals surface area contributed by atoms with Crippen molar-refractivity contribution >= 4 is 5.91 Å². The van der Waals surface area contributed by atoms with Gasteiger partial charge >= 0.3 is 0 Å². The van der Waals surface area contributed by atoms with Gasteiger partial charge in [0.1, 0.15) is 11.6 Å². The van der Waals surface area contributed by atoms with Crippen LogP contribution in [0.2, 0.25) is 0 Å². The summed E-state index contributed by atoms with van der Waals surface area (Å²) in [5.41, 5.74) is 3.69. The minimum absolute atomic E-state index is 0.150. The molecule has 6 nitrogen and oxygen atoms in total. The van der Waals surface area contributed by atoms with Gasteiger partial charge in [-0.15, -0.1) is 0 Å². The maximum atomic E-state index is 11.7. The summed E-state index contributed by atoms with van der Waals surface area (Å²) in [5, 5.41) is 0. The Morgan fingerprint density at radius 2 is 2.07 bits per heavy atom. The summed E-state index contributed by atoms with van der Waals surface area (Å²) in [4.78, 5) is 25.6. The van der Waals surface area contributed by atoms with Crippen LogP contribution in [-0.4, -0.2) is 52.4 Å². The molecular weight excluding hydrogens is 352 g/mol. The predicted octanol–water partition coefficient (Wildman–Crippen LogP) is 2.77. The van der Waals surface area contributed by atoms with Crippen molar-refractivity contribution in [2.45, 2.75) is 45.2 Å². The molecular formula is C22H28N4O2. The largest absolute Gasteiger partial charge is 0.497 e. The summed E-state index contributed by atoms with van der Waals surface area (Å²) < 4.78 is 5.23. The summed E-state index contributed by atoms with van der Waals surface area (Å²) in [6, 6.07) is 8.27. The number of hydrogen-bond acceptors (Lipinski definition) is 5. The number of likely N-dealkylation sites (tertiary alicyclic amines) is 1. The molecule has 2 aliphatic rings. The van der Waals surface area contributed by atoms with Crippen molar-refractivity contribution in [2.24, 2.45) is 0 Å². The maximum absolute atomic E-state index is 11.7. The smallest absolute Gasteiger partial charge is 0.219 e. The number of carbonyl (C=O) groups excluding carboxylic acids is 1. The van der Waals surface area contributed by atoms with E-state index in [9.17, 15) is 4.79 Å². The molecule has 1 fully saturated rings. The molecule has 148 valence electrons. The summed E-state index contributed by atoms with van der Waals surface area (Å²) in [6.07, 6.45) is 5.04. The fourth-order valence-corrected chi connectivity index (χ4v) is 4.18. The monoisotopic (exact) mass is 380 g/mol. The van der Waals surface area contributed by atoms with Gasteiger partial charge in [0, 0.05) is 69.4 Å². The molecule has 0 saturated carbocycles. The topological polar surface area (TPSA) is 58.6 Å². The highest BCUT2D eigenvalue weighted by molar-refractivity contribution is 5.73. The van der Waals surface area contributed by atoms with E-state index in [0.717, 1.165) is 63.6 Å². The summed E-state index contributed by atoms with van der Waals surface area (Å²) in [6.45, 7) is 6.05. The van der Waals surface area contributed by atoms with Crippen LogP contribution in [0.15, 0.2) is 30.5 Å². The lowest BCUT2D eigenvalue weighted by Crippen LogP contribution is -2.38. The summed E-state index contributed by atoms with van der Waals surface area (Å²) in [5.74, 6) is 2.21. The van der Waals surface area contributed by atoms with Crippen LogP contribution in [0.3, 0.4) is 0 Å². The minimum atomic E-state index is 0.150. The third-order valence-electron chi connectivity index (χ3n) is 5.83. The molecule has 6 heteroatoms. The number of nitrogens with zero attached hydrogens (tertiary/aromatic N) is 4. The first-order chi connectivity index (χ1) is 13.6. The van der Waals surface area contributed by atoms with Gasteiger partial charge in [0.15, 0.2) is 0 Å². The van der Waals surface area contributed by atoms with E-state index in [1.165, 1.54) is 16.8 Å². The number of ether oxygens (including phenoxy) is 1. The Hall–Kier alpha value is -2.47.